The Morgan fingerprint density at radius 1 is 0.967 bits per heavy atom. The Hall–Kier alpha value is -1.44. The van der Waals surface area contributed by atoms with Crippen molar-refractivity contribution in [2.45, 2.75) is 97.3 Å². The van der Waals surface area contributed by atoms with Crippen molar-refractivity contribution in [2.24, 2.45) is 17.8 Å². The van der Waals surface area contributed by atoms with Gasteiger partial charge in [0.05, 0.1) is 0 Å². The topological polar surface area (TPSA) is 0 Å². The van der Waals surface area contributed by atoms with E-state index in [4.69, 9.17) is 0 Å². The normalized spacial score (nSPS) is 24.9. The molecule has 1 saturated carbocycles. The molecule has 2 heteroatoms. The average molecular weight is 415 g/mol. The molecule has 0 aliphatic heterocycles. The van der Waals surface area contributed by atoms with Crippen LogP contribution in [0.5, 0.6) is 0 Å². The first-order chi connectivity index (χ1) is 14.6. The second kappa shape index (κ2) is 11.8. The van der Waals surface area contributed by atoms with Crippen molar-refractivity contribution < 1.29 is 8.78 Å². The zero-order valence-corrected chi connectivity index (χ0v) is 19.1. The van der Waals surface area contributed by atoms with Crippen LogP contribution < -0.4 is 0 Å². The SMILES string of the molecule is CCCCC1CCC(C=CCCc2ccc(C3=CCC(CC)CC3)c(F)c2F)CC1. The van der Waals surface area contributed by atoms with Gasteiger partial charge in [-0.25, -0.2) is 8.78 Å². The molecule has 0 radical (unpaired) electrons. The first-order valence-electron chi connectivity index (χ1n) is 12.4. The summed E-state index contributed by atoms with van der Waals surface area (Å²) in [6, 6.07) is 3.60. The van der Waals surface area contributed by atoms with Gasteiger partial charge in [-0.15, -0.1) is 0 Å². The van der Waals surface area contributed by atoms with E-state index in [1.165, 1.54) is 44.9 Å². The van der Waals surface area contributed by atoms with Gasteiger partial charge in [0, 0.05) is 5.56 Å². The van der Waals surface area contributed by atoms with Crippen LogP contribution in [0.25, 0.3) is 5.57 Å². The first kappa shape index (κ1) is 23.2. The minimum atomic E-state index is -0.650. The van der Waals surface area contributed by atoms with Crippen molar-refractivity contribution >= 4 is 5.57 Å². The molecule has 1 atom stereocenters. The third-order valence-corrected chi connectivity index (χ3v) is 7.45. The lowest BCUT2D eigenvalue weighted by Gasteiger charge is -2.26. The molecule has 0 amide bonds. The van der Waals surface area contributed by atoms with Crippen LogP contribution in [-0.4, -0.2) is 0 Å². The van der Waals surface area contributed by atoms with Crippen molar-refractivity contribution in [3.63, 3.8) is 0 Å². The molecule has 1 unspecified atom stereocenters. The number of benzene rings is 1. The van der Waals surface area contributed by atoms with Crippen molar-refractivity contribution in [1.29, 1.82) is 0 Å². The predicted molar refractivity (Wildman–Crippen MR) is 124 cm³/mol. The highest BCUT2D eigenvalue weighted by atomic mass is 19.2. The standard InChI is InChI=1S/C28H40F2/c1-3-5-8-22-11-13-23(14-12-22)9-6-7-10-25-19-20-26(28(30)27(25)29)24-17-15-21(4-2)16-18-24/h6,9,17,19-23H,3-5,7-8,10-16,18H2,1-2H3. The molecule has 30 heavy (non-hydrogen) atoms. The monoisotopic (exact) mass is 414 g/mol. The van der Waals surface area contributed by atoms with Crippen LogP contribution in [0.3, 0.4) is 0 Å². The van der Waals surface area contributed by atoms with E-state index in [0.29, 0.717) is 29.4 Å². The second-order valence-corrected chi connectivity index (χ2v) is 9.57. The van der Waals surface area contributed by atoms with E-state index in [1.54, 1.807) is 12.1 Å². The lowest BCUT2D eigenvalue weighted by molar-refractivity contribution is 0.290. The maximum absolute atomic E-state index is 14.7. The molecular formula is C28H40F2. The molecule has 1 aromatic rings. The highest BCUT2D eigenvalue weighted by molar-refractivity contribution is 5.67. The van der Waals surface area contributed by atoms with Crippen molar-refractivity contribution in [1.82, 2.24) is 0 Å². The summed E-state index contributed by atoms with van der Waals surface area (Å²) in [5.74, 6) is 1.01. The maximum atomic E-state index is 14.7. The number of rotatable bonds is 9. The molecule has 0 nitrogen and oxygen atoms in total. The quantitative estimate of drug-likeness (QED) is 0.353. The third-order valence-electron chi connectivity index (χ3n) is 7.45. The summed E-state index contributed by atoms with van der Waals surface area (Å²) in [7, 11) is 0. The number of allylic oxidation sites excluding steroid dienone is 4. The van der Waals surface area contributed by atoms with Gasteiger partial charge in [-0.2, -0.15) is 0 Å². The number of unbranched alkanes of at least 4 members (excludes halogenated alkanes) is 1. The van der Waals surface area contributed by atoms with E-state index in [-0.39, 0.29) is 0 Å². The van der Waals surface area contributed by atoms with Gasteiger partial charge < -0.3 is 0 Å². The van der Waals surface area contributed by atoms with E-state index < -0.39 is 11.6 Å². The van der Waals surface area contributed by atoms with E-state index in [9.17, 15) is 8.78 Å². The average Bonchev–Trinajstić information content (AvgIpc) is 2.79. The highest BCUT2D eigenvalue weighted by Gasteiger charge is 2.20. The number of hydrogen-bond acceptors (Lipinski definition) is 0. The van der Waals surface area contributed by atoms with Gasteiger partial charge in [0.25, 0.3) is 0 Å². The maximum Gasteiger partial charge on any atom is 0.166 e. The molecule has 3 rings (SSSR count). The van der Waals surface area contributed by atoms with Crippen LogP contribution in [0, 0.1) is 29.4 Å². The lowest BCUT2D eigenvalue weighted by Crippen LogP contribution is -2.12. The molecule has 0 N–H and O–H groups in total. The van der Waals surface area contributed by atoms with Crippen LogP contribution in [0.1, 0.15) is 102 Å². The van der Waals surface area contributed by atoms with Crippen LogP contribution >= 0.6 is 0 Å². The molecule has 0 aromatic heterocycles. The molecule has 1 fully saturated rings. The van der Waals surface area contributed by atoms with E-state index in [1.807, 2.05) is 0 Å². The number of aryl methyl sites for hydroxylation is 1. The van der Waals surface area contributed by atoms with Crippen molar-refractivity contribution in [2.75, 3.05) is 0 Å². The third kappa shape index (κ3) is 6.28. The predicted octanol–water partition coefficient (Wildman–Crippen LogP) is 9.04. The number of hydrogen-bond donors (Lipinski definition) is 0. The van der Waals surface area contributed by atoms with E-state index in [0.717, 1.165) is 43.6 Å². The van der Waals surface area contributed by atoms with Crippen molar-refractivity contribution in [3.8, 4) is 0 Å². The van der Waals surface area contributed by atoms with Gasteiger partial charge in [0.2, 0.25) is 0 Å². The van der Waals surface area contributed by atoms with Gasteiger partial charge >= 0.3 is 0 Å². The summed E-state index contributed by atoms with van der Waals surface area (Å²) in [6.07, 6.45) is 21.4. The molecule has 0 heterocycles. The Morgan fingerprint density at radius 3 is 2.43 bits per heavy atom. The zero-order valence-electron chi connectivity index (χ0n) is 19.1. The van der Waals surface area contributed by atoms with Gasteiger partial charge in [-0.05, 0) is 86.7 Å². The minimum Gasteiger partial charge on any atom is -0.203 e. The number of halogens is 2. The van der Waals surface area contributed by atoms with Crippen molar-refractivity contribution in [3.05, 3.63) is 53.1 Å². The smallest absolute Gasteiger partial charge is 0.166 e. The minimum absolute atomic E-state index is 0.473. The van der Waals surface area contributed by atoms with E-state index in [2.05, 4.69) is 32.1 Å². The largest absolute Gasteiger partial charge is 0.203 e. The Morgan fingerprint density at radius 2 is 1.77 bits per heavy atom. The second-order valence-electron chi connectivity index (χ2n) is 9.57. The Balaban J connectivity index is 1.49. The molecule has 1 aromatic carbocycles. The fourth-order valence-corrected chi connectivity index (χ4v) is 5.22. The van der Waals surface area contributed by atoms with Gasteiger partial charge in [0.15, 0.2) is 11.6 Å². The summed E-state index contributed by atoms with van der Waals surface area (Å²) in [5, 5.41) is 0. The Labute approximate surface area is 182 Å². The van der Waals surface area contributed by atoms with Gasteiger partial charge in [0.1, 0.15) is 0 Å². The highest BCUT2D eigenvalue weighted by Crippen LogP contribution is 2.34. The Bertz CT molecular complexity index is 722. The molecule has 2 aliphatic rings. The van der Waals surface area contributed by atoms with E-state index >= 15 is 0 Å². The lowest BCUT2D eigenvalue weighted by atomic mass is 9.79. The molecule has 0 saturated heterocycles. The molecule has 0 spiro atoms. The molecule has 2 aliphatic carbocycles. The molecule has 166 valence electrons. The zero-order chi connectivity index (χ0) is 21.3. The Kier molecular flexibility index (Phi) is 9.15. The molecule has 0 bridgehead atoms. The van der Waals surface area contributed by atoms with Crippen LogP contribution in [0.4, 0.5) is 8.78 Å². The van der Waals surface area contributed by atoms with Crippen LogP contribution in [0.2, 0.25) is 0 Å². The summed E-state index contributed by atoms with van der Waals surface area (Å²) >= 11 is 0. The van der Waals surface area contributed by atoms with Crippen LogP contribution in [-0.2, 0) is 6.42 Å². The van der Waals surface area contributed by atoms with Gasteiger partial charge in [-0.1, -0.05) is 69.9 Å². The fraction of sp³-hybridized carbons (Fsp3) is 0.643. The fourth-order valence-electron chi connectivity index (χ4n) is 5.22. The first-order valence-corrected chi connectivity index (χ1v) is 12.4. The summed E-state index contributed by atoms with van der Waals surface area (Å²) in [5.41, 5.74) is 1.96. The summed E-state index contributed by atoms with van der Waals surface area (Å²) < 4.78 is 29.4. The van der Waals surface area contributed by atoms with Gasteiger partial charge in [-0.3, -0.25) is 0 Å². The summed E-state index contributed by atoms with van der Waals surface area (Å²) in [6.45, 7) is 4.47. The molecular weight excluding hydrogens is 374 g/mol. The van der Waals surface area contributed by atoms with Crippen LogP contribution in [0.15, 0.2) is 30.4 Å². The summed E-state index contributed by atoms with van der Waals surface area (Å²) in [4.78, 5) is 0.